The molecule has 0 aliphatic carbocycles. The Bertz CT molecular complexity index is 1480. The molecule has 0 bridgehead atoms. The Hall–Kier alpha value is -3.94. The van der Waals surface area contributed by atoms with Crippen LogP contribution < -0.4 is 14.6 Å². The third kappa shape index (κ3) is 4.30. The van der Waals surface area contributed by atoms with Crippen LogP contribution in [0.3, 0.4) is 0 Å². The first-order valence-electron chi connectivity index (χ1n) is 11.8. The summed E-state index contributed by atoms with van der Waals surface area (Å²) in [7, 11) is 1.64. The molecule has 1 atom stereocenters. The predicted molar refractivity (Wildman–Crippen MR) is 155 cm³/mol. The molecular weight excluding hydrogens is 498 g/mol. The van der Waals surface area contributed by atoms with Crippen molar-refractivity contribution in [1.82, 2.24) is 0 Å². The van der Waals surface area contributed by atoms with Gasteiger partial charge < -0.3 is 4.74 Å². The van der Waals surface area contributed by atoms with E-state index in [0.29, 0.717) is 4.91 Å². The number of carbonyl (C=O) groups is 1. The Morgan fingerprint density at radius 1 is 0.757 bits per heavy atom. The predicted octanol–water partition coefficient (Wildman–Crippen LogP) is 7.04. The number of hydrazone groups is 1. The molecule has 1 fully saturated rings. The lowest BCUT2D eigenvalue weighted by atomic mass is 10.2. The zero-order valence-corrected chi connectivity index (χ0v) is 21.7. The highest BCUT2D eigenvalue weighted by Gasteiger charge is 2.59. The van der Waals surface area contributed by atoms with Gasteiger partial charge in [0.05, 0.1) is 17.7 Å². The SMILES string of the molecule is COc1ccc(/C=C2\SC3(SC(c4ccccc4)=NN3c3ccccc3)N(c3ccccc3)C2=O)cc1. The van der Waals surface area contributed by atoms with Crippen molar-refractivity contribution in [3.05, 3.63) is 131 Å². The Labute approximate surface area is 224 Å². The summed E-state index contributed by atoms with van der Waals surface area (Å²) in [4.78, 5) is 16.6. The fourth-order valence-electron chi connectivity index (χ4n) is 4.31. The standard InChI is InChI=1S/C30H23N3O2S2/c1-35-26-19-17-22(18-20-26)21-27-29(34)32(24-13-7-3-8-14-24)30(36-27)33(25-15-9-4-10-16-25)31-28(37-30)23-11-5-2-6-12-23/h2-21H,1H3/b27-21-. The first-order chi connectivity index (χ1) is 18.2. The average Bonchev–Trinajstić information content (AvgIpc) is 3.47. The minimum atomic E-state index is -0.872. The third-order valence-corrected chi connectivity index (χ3v) is 8.84. The van der Waals surface area contributed by atoms with E-state index in [2.05, 4.69) is 12.1 Å². The largest absolute Gasteiger partial charge is 0.497 e. The molecule has 37 heavy (non-hydrogen) atoms. The molecule has 0 radical (unpaired) electrons. The molecule has 2 aliphatic rings. The minimum Gasteiger partial charge on any atom is -0.497 e. The number of ether oxygens (including phenoxy) is 1. The van der Waals surface area contributed by atoms with Gasteiger partial charge in [-0.05, 0) is 59.8 Å². The summed E-state index contributed by atoms with van der Waals surface area (Å²) in [6.45, 7) is 0. The Kier molecular flexibility index (Phi) is 6.24. The fourth-order valence-corrected chi connectivity index (χ4v) is 7.29. The van der Waals surface area contributed by atoms with Gasteiger partial charge in [-0.3, -0.25) is 9.69 Å². The highest BCUT2D eigenvalue weighted by molar-refractivity contribution is 8.28. The van der Waals surface area contributed by atoms with Crippen LogP contribution in [0.15, 0.2) is 125 Å². The van der Waals surface area contributed by atoms with Crippen LogP contribution in [0.4, 0.5) is 11.4 Å². The number of rotatable bonds is 5. The van der Waals surface area contributed by atoms with Crippen molar-refractivity contribution in [3.63, 3.8) is 0 Å². The van der Waals surface area contributed by atoms with Crippen molar-refractivity contribution in [2.45, 2.75) is 4.33 Å². The van der Waals surface area contributed by atoms with Crippen LogP contribution >= 0.6 is 23.5 Å². The third-order valence-electron chi connectivity index (χ3n) is 6.08. The topological polar surface area (TPSA) is 45.1 Å². The summed E-state index contributed by atoms with van der Waals surface area (Å²) in [6.07, 6.45) is 1.95. The number of hydrogen-bond donors (Lipinski definition) is 0. The average molecular weight is 522 g/mol. The number of thioether (sulfide) groups is 2. The number of anilines is 2. The van der Waals surface area contributed by atoms with Crippen LogP contribution in [0, 0.1) is 0 Å². The number of para-hydroxylation sites is 2. The molecule has 1 unspecified atom stereocenters. The van der Waals surface area contributed by atoms with E-state index in [1.54, 1.807) is 18.9 Å². The van der Waals surface area contributed by atoms with Crippen LogP contribution in [-0.4, -0.2) is 22.4 Å². The zero-order chi connectivity index (χ0) is 25.2. The Balaban J connectivity index is 1.50. The molecule has 2 heterocycles. The molecule has 0 saturated carbocycles. The van der Waals surface area contributed by atoms with E-state index < -0.39 is 4.33 Å². The Morgan fingerprint density at radius 3 is 1.97 bits per heavy atom. The van der Waals surface area contributed by atoms with Gasteiger partial charge in [0.2, 0.25) is 4.33 Å². The first kappa shape index (κ1) is 23.5. The van der Waals surface area contributed by atoms with Gasteiger partial charge in [-0.1, -0.05) is 90.6 Å². The second kappa shape index (κ2) is 9.84. The second-order valence-corrected chi connectivity index (χ2v) is 11.1. The molecule has 0 N–H and O–H groups in total. The summed E-state index contributed by atoms with van der Waals surface area (Å²) in [5.74, 6) is 0.711. The monoisotopic (exact) mass is 521 g/mol. The number of methoxy groups -OCH3 is 1. The lowest BCUT2D eigenvalue weighted by Crippen LogP contribution is -2.51. The van der Waals surface area contributed by atoms with Crippen molar-refractivity contribution in [2.75, 3.05) is 17.0 Å². The van der Waals surface area contributed by atoms with Crippen molar-refractivity contribution in [2.24, 2.45) is 5.10 Å². The van der Waals surface area contributed by atoms with E-state index in [0.717, 1.165) is 33.3 Å². The summed E-state index contributed by atoms with van der Waals surface area (Å²) in [5.41, 5.74) is 3.67. The number of benzene rings is 4. The molecule has 2 aliphatic heterocycles. The van der Waals surface area contributed by atoms with E-state index in [1.165, 1.54) is 11.8 Å². The number of carbonyl (C=O) groups excluding carboxylic acids is 1. The number of hydrogen-bond acceptors (Lipinski definition) is 6. The Morgan fingerprint density at radius 2 is 1.35 bits per heavy atom. The summed E-state index contributed by atoms with van der Waals surface area (Å²) < 4.78 is 4.43. The van der Waals surface area contributed by atoms with E-state index in [1.807, 2.05) is 119 Å². The maximum atomic E-state index is 14.1. The zero-order valence-electron chi connectivity index (χ0n) is 20.0. The smallest absolute Gasteiger partial charge is 0.268 e. The molecule has 4 aromatic carbocycles. The molecule has 1 spiro atoms. The van der Waals surface area contributed by atoms with Crippen LogP contribution in [0.1, 0.15) is 11.1 Å². The lowest BCUT2D eigenvalue weighted by Gasteiger charge is -2.38. The van der Waals surface area contributed by atoms with Gasteiger partial charge in [0, 0.05) is 11.3 Å². The van der Waals surface area contributed by atoms with Crippen molar-refractivity contribution in [3.8, 4) is 5.75 Å². The quantitative estimate of drug-likeness (QED) is 0.264. The first-order valence-corrected chi connectivity index (χ1v) is 13.4. The van der Waals surface area contributed by atoms with Gasteiger partial charge in [0.25, 0.3) is 5.91 Å². The maximum absolute atomic E-state index is 14.1. The summed E-state index contributed by atoms with van der Waals surface area (Å²) >= 11 is 3.11. The number of nitrogens with zero attached hydrogens (tertiary/aromatic N) is 3. The van der Waals surface area contributed by atoms with Crippen LogP contribution in [0.2, 0.25) is 0 Å². The summed E-state index contributed by atoms with van der Waals surface area (Å²) in [6, 6.07) is 37.7. The second-order valence-electron chi connectivity index (χ2n) is 8.43. The number of amides is 1. The van der Waals surface area contributed by atoms with Gasteiger partial charge in [0.15, 0.2) is 0 Å². The van der Waals surface area contributed by atoms with E-state index in [4.69, 9.17) is 9.84 Å². The molecule has 7 heteroatoms. The van der Waals surface area contributed by atoms with E-state index >= 15 is 0 Å². The van der Waals surface area contributed by atoms with Crippen LogP contribution in [0.5, 0.6) is 5.75 Å². The van der Waals surface area contributed by atoms with Gasteiger partial charge in [-0.25, -0.2) is 5.01 Å². The van der Waals surface area contributed by atoms with Crippen molar-refractivity contribution >= 4 is 51.9 Å². The highest BCUT2D eigenvalue weighted by atomic mass is 32.2. The fraction of sp³-hybridized carbons (Fsp3) is 0.0667. The molecular formula is C30H23N3O2S2. The maximum Gasteiger partial charge on any atom is 0.268 e. The van der Waals surface area contributed by atoms with Crippen LogP contribution in [0.25, 0.3) is 6.08 Å². The molecule has 0 aromatic heterocycles. The molecule has 182 valence electrons. The van der Waals surface area contributed by atoms with Gasteiger partial charge in [0.1, 0.15) is 10.8 Å². The molecule has 4 aromatic rings. The normalized spacial score (nSPS) is 20.1. The van der Waals surface area contributed by atoms with Gasteiger partial charge >= 0.3 is 0 Å². The van der Waals surface area contributed by atoms with Gasteiger partial charge in [-0.2, -0.15) is 5.10 Å². The molecule has 1 saturated heterocycles. The molecule has 6 rings (SSSR count). The lowest BCUT2D eigenvalue weighted by molar-refractivity contribution is -0.114. The van der Waals surface area contributed by atoms with Crippen molar-refractivity contribution in [1.29, 1.82) is 0 Å². The summed E-state index contributed by atoms with van der Waals surface area (Å²) in [5, 5.41) is 7.93. The van der Waals surface area contributed by atoms with Crippen molar-refractivity contribution < 1.29 is 9.53 Å². The minimum absolute atomic E-state index is 0.0649. The van der Waals surface area contributed by atoms with E-state index in [9.17, 15) is 4.79 Å². The van der Waals surface area contributed by atoms with Crippen LogP contribution in [-0.2, 0) is 4.79 Å². The molecule has 1 amide bonds. The highest BCUT2D eigenvalue weighted by Crippen LogP contribution is 2.59. The molecule has 5 nitrogen and oxygen atoms in total. The van der Waals surface area contributed by atoms with Gasteiger partial charge in [-0.15, -0.1) is 0 Å². The van der Waals surface area contributed by atoms with E-state index in [-0.39, 0.29) is 5.91 Å².